The monoisotopic (exact) mass is 384 g/mol. The molecule has 0 spiro atoms. The lowest BCUT2D eigenvalue weighted by Crippen LogP contribution is -2.46. The molecule has 1 fully saturated rings. The van der Waals surface area contributed by atoms with Gasteiger partial charge in [-0.1, -0.05) is 0 Å². The second-order valence-corrected chi connectivity index (χ2v) is 8.39. The SMILES string of the molecule is CC(C)NS(=O)(=O)c1ccc(C(=O)NCC2(C(=O)O)CCOCC2)cc1. The minimum atomic E-state index is -3.63. The van der Waals surface area contributed by atoms with Crippen LogP contribution in [0.5, 0.6) is 0 Å². The number of carboxylic acids is 1. The van der Waals surface area contributed by atoms with E-state index in [4.69, 9.17) is 4.74 Å². The van der Waals surface area contributed by atoms with Gasteiger partial charge in [-0.3, -0.25) is 9.59 Å². The summed E-state index contributed by atoms with van der Waals surface area (Å²) in [4.78, 5) is 23.9. The van der Waals surface area contributed by atoms with Crippen LogP contribution in [0, 0.1) is 5.41 Å². The number of hydrogen-bond donors (Lipinski definition) is 3. The number of rotatable bonds is 7. The predicted molar refractivity (Wildman–Crippen MR) is 94.4 cm³/mol. The summed E-state index contributed by atoms with van der Waals surface area (Å²) in [6.07, 6.45) is 0.668. The largest absolute Gasteiger partial charge is 0.481 e. The van der Waals surface area contributed by atoms with E-state index < -0.39 is 27.3 Å². The fourth-order valence-corrected chi connectivity index (χ4v) is 3.99. The first kappa shape index (κ1) is 20.3. The second-order valence-electron chi connectivity index (χ2n) is 6.68. The van der Waals surface area contributed by atoms with Crippen molar-refractivity contribution in [1.82, 2.24) is 10.0 Å². The second kappa shape index (κ2) is 8.15. The van der Waals surface area contributed by atoms with Crippen molar-refractivity contribution < 1.29 is 27.9 Å². The first-order valence-electron chi connectivity index (χ1n) is 8.38. The van der Waals surface area contributed by atoms with Gasteiger partial charge in [-0.25, -0.2) is 13.1 Å². The van der Waals surface area contributed by atoms with E-state index in [1.54, 1.807) is 13.8 Å². The fourth-order valence-electron chi connectivity index (χ4n) is 2.74. The summed E-state index contributed by atoms with van der Waals surface area (Å²) in [5.74, 6) is -1.40. The van der Waals surface area contributed by atoms with E-state index in [0.29, 0.717) is 26.1 Å². The predicted octanol–water partition coefficient (Wildman–Crippen LogP) is 0.985. The van der Waals surface area contributed by atoms with Crippen molar-refractivity contribution in [2.75, 3.05) is 19.8 Å². The zero-order valence-corrected chi connectivity index (χ0v) is 15.6. The number of benzene rings is 1. The highest BCUT2D eigenvalue weighted by atomic mass is 32.2. The van der Waals surface area contributed by atoms with Gasteiger partial charge in [-0.15, -0.1) is 0 Å². The Morgan fingerprint density at radius 3 is 2.27 bits per heavy atom. The van der Waals surface area contributed by atoms with Crippen molar-refractivity contribution in [3.05, 3.63) is 29.8 Å². The highest BCUT2D eigenvalue weighted by molar-refractivity contribution is 7.89. The smallest absolute Gasteiger partial charge is 0.311 e. The average molecular weight is 384 g/mol. The van der Waals surface area contributed by atoms with Crippen LogP contribution in [0.2, 0.25) is 0 Å². The molecule has 1 aromatic carbocycles. The maximum atomic E-state index is 12.3. The summed E-state index contributed by atoms with van der Waals surface area (Å²) in [5, 5.41) is 12.1. The molecular weight excluding hydrogens is 360 g/mol. The highest BCUT2D eigenvalue weighted by Gasteiger charge is 2.40. The van der Waals surface area contributed by atoms with Gasteiger partial charge in [-0.05, 0) is 51.0 Å². The van der Waals surface area contributed by atoms with E-state index >= 15 is 0 Å². The van der Waals surface area contributed by atoms with Gasteiger partial charge in [0.25, 0.3) is 5.91 Å². The Labute approximate surface area is 153 Å². The van der Waals surface area contributed by atoms with Gasteiger partial charge < -0.3 is 15.2 Å². The Balaban J connectivity index is 2.05. The molecule has 1 aromatic rings. The van der Waals surface area contributed by atoms with Crippen molar-refractivity contribution in [3.8, 4) is 0 Å². The van der Waals surface area contributed by atoms with Gasteiger partial charge in [0.1, 0.15) is 0 Å². The molecule has 8 nitrogen and oxygen atoms in total. The topological polar surface area (TPSA) is 122 Å². The van der Waals surface area contributed by atoms with Gasteiger partial charge in [-0.2, -0.15) is 0 Å². The third kappa shape index (κ3) is 4.80. The molecule has 26 heavy (non-hydrogen) atoms. The zero-order valence-electron chi connectivity index (χ0n) is 14.8. The summed E-state index contributed by atoms with van der Waals surface area (Å²) in [7, 11) is -3.63. The van der Waals surface area contributed by atoms with Crippen molar-refractivity contribution in [3.63, 3.8) is 0 Å². The minimum Gasteiger partial charge on any atom is -0.481 e. The number of carbonyl (C=O) groups is 2. The molecular formula is C17H24N2O6S. The number of amides is 1. The summed E-state index contributed by atoms with van der Waals surface area (Å²) in [6.45, 7) is 4.12. The number of hydrogen-bond acceptors (Lipinski definition) is 5. The van der Waals surface area contributed by atoms with Crippen molar-refractivity contribution in [1.29, 1.82) is 0 Å². The van der Waals surface area contributed by atoms with Crippen LogP contribution in [-0.2, 0) is 19.6 Å². The standard InChI is InChI=1S/C17H24N2O6S/c1-12(2)19-26(23,24)14-5-3-13(4-6-14)15(20)18-11-17(16(21)22)7-9-25-10-8-17/h3-6,12,19H,7-11H2,1-2H3,(H,18,20)(H,21,22). The van der Waals surface area contributed by atoms with E-state index in [1.807, 2.05) is 0 Å². The maximum Gasteiger partial charge on any atom is 0.311 e. The van der Waals surface area contributed by atoms with Crippen LogP contribution in [0.25, 0.3) is 0 Å². The van der Waals surface area contributed by atoms with Crippen LogP contribution < -0.4 is 10.0 Å². The maximum absolute atomic E-state index is 12.3. The van der Waals surface area contributed by atoms with Crippen molar-refractivity contribution in [2.45, 2.75) is 37.6 Å². The summed E-state index contributed by atoms with van der Waals surface area (Å²) >= 11 is 0. The quantitative estimate of drug-likeness (QED) is 0.644. The Morgan fingerprint density at radius 1 is 1.19 bits per heavy atom. The number of carboxylic acid groups (broad SMARTS) is 1. The molecule has 1 aliphatic rings. The number of ether oxygens (including phenoxy) is 1. The molecule has 0 unspecified atom stereocenters. The first-order valence-corrected chi connectivity index (χ1v) is 9.86. The molecule has 3 N–H and O–H groups in total. The molecule has 1 saturated heterocycles. The van der Waals surface area contributed by atoms with Crippen LogP contribution in [0.4, 0.5) is 0 Å². The van der Waals surface area contributed by atoms with Crippen molar-refractivity contribution in [2.24, 2.45) is 5.41 Å². The lowest BCUT2D eigenvalue weighted by molar-refractivity contribution is -0.154. The number of nitrogens with one attached hydrogen (secondary N) is 2. The van der Waals surface area contributed by atoms with Crippen molar-refractivity contribution >= 4 is 21.9 Å². The molecule has 0 aromatic heterocycles. The summed E-state index contributed by atoms with van der Waals surface area (Å²) < 4.78 is 31.8. The zero-order chi connectivity index (χ0) is 19.4. The molecule has 0 saturated carbocycles. The molecule has 1 amide bonds. The number of carbonyl (C=O) groups excluding carboxylic acids is 1. The van der Waals surface area contributed by atoms with E-state index in [9.17, 15) is 23.1 Å². The number of sulfonamides is 1. The fraction of sp³-hybridized carbons (Fsp3) is 0.529. The van der Waals surface area contributed by atoms with Crippen LogP contribution in [0.1, 0.15) is 37.0 Å². The third-order valence-corrected chi connectivity index (χ3v) is 5.98. The van der Waals surface area contributed by atoms with E-state index in [2.05, 4.69) is 10.0 Å². The van der Waals surface area contributed by atoms with Crippen LogP contribution >= 0.6 is 0 Å². The molecule has 0 atom stereocenters. The lowest BCUT2D eigenvalue weighted by Gasteiger charge is -2.33. The molecule has 2 rings (SSSR count). The lowest BCUT2D eigenvalue weighted by atomic mass is 9.80. The molecule has 9 heteroatoms. The molecule has 1 heterocycles. The molecule has 0 radical (unpaired) electrons. The number of aliphatic carboxylic acids is 1. The highest BCUT2D eigenvalue weighted by Crippen LogP contribution is 2.30. The first-order chi connectivity index (χ1) is 12.2. The minimum absolute atomic E-state index is 0.000514. The van der Waals surface area contributed by atoms with Crippen LogP contribution in [0.15, 0.2) is 29.2 Å². The van der Waals surface area contributed by atoms with Gasteiger partial charge >= 0.3 is 5.97 Å². The Bertz CT molecular complexity index is 752. The van der Waals surface area contributed by atoms with Gasteiger partial charge in [0, 0.05) is 31.4 Å². The molecule has 0 bridgehead atoms. The van der Waals surface area contributed by atoms with Gasteiger partial charge in [0.15, 0.2) is 0 Å². The average Bonchev–Trinajstić information content (AvgIpc) is 2.59. The van der Waals surface area contributed by atoms with Crippen LogP contribution in [-0.4, -0.2) is 51.2 Å². The Hall–Kier alpha value is -1.97. The Morgan fingerprint density at radius 2 is 1.77 bits per heavy atom. The summed E-state index contributed by atoms with van der Waals surface area (Å²) in [6, 6.07) is 5.26. The van der Waals surface area contributed by atoms with E-state index in [-0.39, 0.29) is 23.0 Å². The molecule has 144 valence electrons. The van der Waals surface area contributed by atoms with E-state index in [0.717, 1.165) is 0 Å². The third-order valence-electron chi connectivity index (χ3n) is 4.31. The van der Waals surface area contributed by atoms with Crippen LogP contribution in [0.3, 0.4) is 0 Å². The van der Waals surface area contributed by atoms with E-state index in [1.165, 1.54) is 24.3 Å². The normalized spacial score (nSPS) is 17.0. The van der Waals surface area contributed by atoms with Gasteiger partial charge in [0.2, 0.25) is 10.0 Å². The molecule has 0 aliphatic carbocycles. The molecule has 1 aliphatic heterocycles. The summed E-state index contributed by atoms with van der Waals surface area (Å²) in [5.41, 5.74) is -0.764. The Kier molecular flexibility index (Phi) is 6.38. The van der Waals surface area contributed by atoms with Gasteiger partial charge in [0.05, 0.1) is 10.3 Å².